The summed E-state index contributed by atoms with van der Waals surface area (Å²) < 4.78 is 6.17. The largest absolute Gasteiger partial charge is 0.451 e. The summed E-state index contributed by atoms with van der Waals surface area (Å²) in [5.74, 6) is -0.744. The van der Waals surface area contributed by atoms with E-state index in [1.807, 2.05) is 24.3 Å². The number of aromatic nitrogens is 1. The van der Waals surface area contributed by atoms with Crippen molar-refractivity contribution in [3.05, 3.63) is 70.3 Å². The molecule has 1 atom stereocenters. The Morgan fingerprint density at radius 3 is 2.52 bits per heavy atom. The van der Waals surface area contributed by atoms with Crippen LogP contribution in [0.1, 0.15) is 27.6 Å². The first-order valence-electron chi connectivity index (χ1n) is 7.13. The maximum Gasteiger partial charge on any atom is 0.338 e. The number of rotatable bonds is 4. The monoisotopic (exact) mass is 371 g/mol. The summed E-state index contributed by atoms with van der Waals surface area (Å²) in [5, 5.41) is 0.823. The number of nitrogens with one attached hydrogen (secondary N) is 1. The Labute approximate surface area is 141 Å². The minimum Gasteiger partial charge on any atom is -0.451 e. The highest BCUT2D eigenvalue weighted by atomic mass is 79.9. The standard InChI is InChI=1S/C18H14BrNO3/c1-11(23-18(22)12-6-8-13(19)9-7-12)17(21)15-10-20-16-5-3-2-4-14(15)16/h2-11,20H,1H3/t11-/m0/s1. The number of hydrogen-bond donors (Lipinski definition) is 1. The Morgan fingerprint density at radius 1 is 1.09 bits per heavy atom. The summed E-state index contributed by atoms with van der Waals surface area (Å²) >= 11 is 3.31. The number of halogens is 1. The second kappa shape index (κ2) is 6.38. The van der Waals surface area contributed by atoms with Crippen LogP contribution in [0.2, 0.25) is 0 Å². The summed E-state index contributed by atoms with van der Waals surface area (Å²) in [7, 11) is 0. The van der Waals surface area contributed by atoms with Crippen molar-refractivity contribution < 1.29 is 14.3 Å². The topological polar surface area (TPSA) is 59.2 Å². The molecule has 0 aliphatic heterocycles. The van der Waals surface area contributed by atoms with E-state index < -0.39 is 12.1 Å². The zero-order chi connectivity index (χ0) is 16.4. The number of benzene rings is 2. The number of H-pyrrole nitrogens is 1. The smallest absolute Gasteiger partial charge is 0.338 e. The summed E-state index contributed by atoms with van der Waals surface area (Å²) in [5.41, 5.74) is 1.81. The Hall–Kier alpha value is -2.40. The number of ether oxygens (including phenoxy) is 1. The molecule has 0 spiro atoms. The van der Waals surface area contributed by atoms with E-state index in [1.54, 1.807) is 37.4 Å². The van der Waals surface area contributed by atoms with E-state index in [0.717, 1.165) is 15.4 Å². The van der Waals surface area contributed by atoms with Gasteiger partial charge in [-0.3, -0.25) is 4.79 Å². The van der Waals surface area contributed by atoms with Crippen molar-refractivity contribution in [2.45, 2.75) is 13.0 Å². The molecule has 0 unspecified atom stereocenters. The molecule has 0 fully saturated rings. The molecule has 1 heterocycles. The summed E-state index contributed by atoms with van der Waals surface area (Å²) in [6, 6.07) is 14.3. The molecule has 5 heteroatoms. The predicted molar refractivity (Wildman–Crippen MR) is 91.6 cm³/mol. The molecule has 0 saturated heterocycles. The fourth-order valence-corrected chi connectivity index (χ4v) is 2.63. The van der Waals surface area contributed by atoms with Gasteiger partial charge in [0.05, 0.1) is 5.56 Å². The molecule has 0 radical (unpaired) electrons. The highest BCUT2D eigenvalue weighted by Gasteiger charge is 2.22. The van der Waals surface area contributed by atoms with E-state index in [9.17, 15) is 9.59 Å². The van der Waals surface area contributed by atoms with E-state index in [-0.39, 0.29) is 5.78 Å². The van der Waals surface area contributed by atoms with E-state index in [1.165, 1.54) is 0 Å². The molecular weight excluding hydrogens is 358 g/mol. The first-order chi connectivity index (χ1) is 11.1. The lowest BCUT2D eigenvalue weighted by atomic mass is 10.1. The number of carbonyl (C=O) groups is 2. The minimum atomic E-state index is -0.856. The van der Waals surface area contributed by atoms with Gasteiger partial charge in [-0.1, -0.05) is 34.1 Å². The lowest BCUT2D eigenvalue weighted by molar-refractivity contribution is 0.0319. The molecule has 0 amide bonds. The number of aromatic amines is 1. The van der Waals surface area contributed by atoms with Crippen molar-refractivity contribution in [1.29, 1.82) is 0 Å². The van der Waals surface area contributed by atoms with Gasteiger partial charge in [0.2, 0.25) is 5.78 Å². The summed E-state index contributed by atoms with van der Waals surface area (Å²) in [4.78, 5) is 27.7. The Morgan fingerprint density at radius 2 is 1.78 bits per heavy atom. The number of para-hydroxylation sites is 1. The molecule has 3 rings (SSSR count). The molecule has 0 bridgehead atoms. The number of ketones is 1. The second-order valence-electron chi connectivity index (χ2n) is 5.17. The maximum absolute atomic E-state index is 12.5. The van der Waals surface area contributed by atoms with Crippen molar-refractivity contribution in [3.63, 3.8) is 0 Å². The molecule has 23 heavy (non-hydrogen) atoms. The average molecular weight is 372 g/mol. The van der Waals surface area contributed by atoms with Crippen LogP contribution in [0.5, 0.6) is 0 Å². The first kappa shape index (κ1) is 15.5. The van der Waals surface area contributed by atoms with E-state index in [4.69, 9.17) is 4.74 Å². The third kappa shape index (κ3) is 3.19. The quantitative estimate of drug-likeness (QED) is 0.547. The normalized spacial score (nSPS) is 12.1. The highest BCUT2D eigenvalue weighted by molar-refractivity contribution is 9.10. The van der Waals surface area contributed by atoms with Gasteiger partial charge in [-0.25, -0.2) is 4.79 Å². The van der Waals surface area contributed by atoms with Crippen LogP contribution < -0.4 is 0 Å². The molecule has 0 saturated carbocycles. The molecule has 3 aromatic rings. The number of carbonyl (C=O) groups excluding carboxylic acids is 2. The zero-order valence-electron chi connectivity index (χ0n) is 12.4. The van der Waals surface area contributed by atoms with Crippen LogP contribution in [0, 0.1) is 0 Å². The third-order valence-corrected chi connectivity index (χ3v) is 4.12. The van der Waals surface area contributed by atoms with Crippen LogP contribution in [0.4, 0.5) is 0 Å². The van der Waals surface area contributed by atoms with Gasteiger partial charge in [-0.05, 0) is 37.3 Å². The molecule has 1 aromatic heterocycles. The Kier molecular flexibility index (Phi) is 4.30. The van der Waals surface area contributed by atoms with Crippen LogP contribution in [0.25, 0.3) is 10.9 Å². The predicted octanol–water partition coefficient (Wildman–Crippen LogP) is 4.36. The average Bonchev–Trinajstić information content (AvgIpc) is 2.98. The molecule has 1 N–H and O–H groups in total. The van der Waals surface area contributed by atoms with Crippen molar-refractivity contribution >= 4 is 38.6 Å². The SMILES string of the molecule is C[C@H](OC(=O)c1ccc(Br)cc1)C(=O)c1c[nH]c2ccccc12. The van der Waals surface area contributed by atoms with Crippen LogP contribution in [0.15, 0.2) is 59.2 Å². The van der Waals surface area contributed by atoms with Crippen LogP contribution in [-0.4, -0.2) is 22.8 Å². The molecule has 2 aromatic carbocycles. The van der Waals surface area contributed by atoms with Gasteiger partial charge in [0, 0.05) is 27.1 Å². The van der Waals surface area contributed by atoms with Gasteiger partial charge in [0.15, 0.2) is 6.10 Å². The molecule has 116 valence electrons. The lowest BCUT2D eigenvalue weighted by Crippen LogP contribution is -2.24. The highest BCUT2D eigenvalue weighted by Crippen LogP contribution is 2.20. The molecule has 0 aliphatic rings. The summed E-state index contributed by atoms with van der Waals surface area (Å²) in [6.45, 7) is 1.58. The van der Waals surface area contributed by atoms with Crippen molar-refractivity contribution in [2.24, 2.45) is 0 Å². The fourth-order valence-electron chi connectivity index (χ4n) is 2.36. The minimum absolute atomic E-state index is 0.229. The van der Waals surface area contributed by atoms with Gasteiger partial charge in [-0.15, -0.1) is 0 Å². The lowest BCUT2D eigenvalue weighted by Gasteiger charge is -2.12. The van der Waals surface area contributed by atoms with E-state index in [0.29, 0.717) is 11.1 Å². The maximum atomic E-state index is 12.5. The fraction of sp³-hybridized carbons (Fsp3) is 0.111. The van der Waals surface area contributed by atoms with Gasteiger partial charge < -0.3 is 9.72 Å². The van der Waals surface area contributed by atoms with Crippen molar-refractivity contribution in [1.82, 2.24) is 4.98 Å². The Balaban J connectivity index is 1.77. The number of hydrogen-bond acceptors (Lipinski definition) is 3. The van der Waals surface area contributed by atoms with Crippen molar-refractivity contribution in [3.8, 4) is 0 Å². The zero-order valence-corrected chi connectivity index (χ0v) is 14.0. The van der Waals surface area contributed by atoms with Crippen LogP contribution >= 0.6 is 15.9 Å². The van der Waals surface area contributed by atoms with Gasteiger partial charge >= 0.3 is 5.97 Å². The third-order valence-electron chi connectivity index (χ3n) is 3.59. The number of fused-ring (bicyclic) bond motifs is 1. The summed E-state index contributed by atoms with van der Waals surface area (Å²) in [6.07, 6.45) is 0.794. The van der Waals surface area contributed by atoms with Gasteiger partial charge in [-0.2, -0.15) is 0 Å². The number of esters is 1. The van der Waals surface area contributed by atoms with Gasteiger partial charge in [0.1, 0.15) is 0 Å². The molecular formula is C18H14BrNO3. The number of Topliss-reactive ketones (excluding diaryl/α,β-unsaturated/α-hetero) is 1. The van der Waals surface area contributed by atoms with Crippen LogP contribution in [-0.2, 0) is 4.74 Å². The van der Waals surface area contributed by atoms with Gasteiger partial charge in [0.25, 0.3) is 0 Å². The Bertz CT molecular complexity index is 867. The van der Waals surface area contributed by atoms with E-state index >= 15 is 0 Å². The second-order valence-corrected chi connectivity index (χ2v) is 6.08. The van der Waals surface area contributed by atoms with Crippen molar-refractivity contribution in [2.75, 3.05) is 0 Å². The molecule has 4 nitrogen and oxygen atoms in total. The first-order valence-corrected chi connectivity index (χ1v) is 7.92. The van der Waals surface area contributed by atoms with Crippen LogP contribution in [0.3, 0.4) is 0 Å². The molecule has 0 aliphatic carbocycles. The van der Waals surface area contributed by atoms with E-state index in [2.05, 4.69) is 20.9 Å².